The minimum atomic E-state index is 0.845. The first-order valence-corrected chi connectivity index (χ1v) is 3.83. The van der Waals surface area contributed by atoms with Gasteiger partial charge in [-0.1, -0.05) is 23.9 Å². The molecule has 12 heavy (non-hydrogen) atoms. The molecular weight excluding hydrogens is 150 g/mol. The van der Waals surface area contributed by atoms with E-state index in [1.54, 1.807) is 7.11 Å². The molecule has 0 unspecified atom stereocenters. The van der Waals surface area contributed by atoms with Crippen molar-refractivity contribution in [2.24, 2.45) is 5.16 Å². The third-order valence-corrected chi connectivity index (χ3v) is 1.90. The van der Waals surface area contributed by atoms with Crippen LogP contribution in [0, 0.1) is 0 Å². The Balaban J connectivity index is 3.06. The monoisotopic (exact) mass is 163 g/mol. The van der Waals surface area contributed by atoms with Crippen molar-refractivity contribution in [2.45, 2.75) is 13.8 Å². The van der Waals surface area contributed by atoms with Gasteiger partial charge >= 0.3 is 0 Å². The van der Waals surface area contributed by atoms with Crippen LogP contribution >= 0.6 is 0 Å². The zero-order valence-corrected chi connectivity index (χ0v) is 7.72. The highest BCUT2D eigenvalue weighted by Gasteiger charge is 2.12. The minimum Gasteiger partial charge on any atom is -0.399 e. The highest BCUT2D eigenvalue weighted by atomic mass is 16.6. The van der Waals surface area contributed by atoms with Crippen molar-refractivity contribution in [3.63, 3.8) is 0 Å². The van der Waals surface area contributed by atoms with E-state index >= 15 is 0 Å². The van der Waals surface area contributed by atoms with Crippen molar-refractivity contribution < 1.29 is 4.84 Å². The lowest BCUT2D eigenvalue weighted by molar-refractivity contribution is 0.214. The summed E-state index contributed by atoms with van der Waals surface area (Å²) < 4.78 is 0. The van der Waals surface area contributed by atoms with Crippen molar-refractivity contribution in [1.29, 1.82) is 0 Å². The first kappa shape index (κ1) is 8.78. The molecule has 0 aromatic rings. The molecule has 1 rings (SSSR count). The Kier molecular flexibility index (Phi) is 2.48. The molecule has 1 aliphatic carbocycles. The van der Waals surface area contributed by atoms with Gasteiger partial charge in [-0.15, -0.1) is 0 Å². The number of allylic oxidation sites excluding steroid dienone is 5. The number of rotatable bonds is 1. The molecule has 64 valence electrons. The van der Waals surface area contributed by atoms with Crippen LogP contribution in [0.15, 0.2) is 40.6 Å². The Morgan fingerprint density at radius 1 is 1.25 bits per heavy atom. The Hall–Kier alpha value is -1.31. The molecule has 0 spiro atoms. The predicted octanol–water partition coefficient (Wildman–Crippen LogP) is 2.45. The van der Waals surface area contributed by atoms with Gasteiger partial charge in [-0.05, 0) is 30.6 Å². The van der Waals surface area contributed by atoms with Gasteiger partial charge < -0.3 is 4.84 Å². The average molecular weight is 163 g/mol. The molecule has 1 aliphatic rings. The van der Waals surface area contributed by atoms with Crippen LogP contribution in [0.4, 0.5) is 0 Å². The molecule has 0 fully saturated rings. The molecule has 0 N–H and O–H groups in total. The van der Waals surface area contributed by atoms with E-state index < -0.39 is 0 Å². The van der Waals surface area contributed by atoms with Crippen LogP contribution in [0.5, 0.6) is 0 Å². The Morgan fingerprint density at radius 2 is 1.83 bits per heavy atom. The van der Waals surface area contributed by atoms with Gasteiger partial charge in [0.15, 0.2) is 0 Å². The maximum Gasteiger partial charge on any atom is 0.112 e. The fourth-order valence-corrected chi connectivity index (χ4v) is 1.07. The minimum absolute atomic E-state index is 0.845. The number of hydrogen-bond acceptors (Lipinski definition) is 2. The van der Waals surface area contributed by atoms with Crippen LogP contribution in [0.2, 0.25) is 0 Å². The van der Waals surface area contributed by atoms with E-state index in [1.165, 1.54) is 0 Å². The van der Waals surface area contributed by atoms with E-state index in [9.17, 15) is 0 Å². The molecule has 0 aromatic heterocycles. The molecule has 0 atom stereocenters. The normalized spacial score (nSPS) is 20.6. The van der Waals surface area contributed by atoms with E-state index in [2.05, 4.69) is 11.7 Å². The lowest BCUT2D eigenvalue weighted by atomic mass is 9.94. The van der Waals surface area contributed by atoms with Gasteiger partial charge in [0, 0.05) is 0 Å². The third-order valence-electron chi connectivity index (χ3n) is 1.90. The summed E-state index contributed by atoms with van der Waals surface area (Å²) in [4.78, 5) is 4.73. The SMILES string of the molecule is C=C1C(C)=CC=C(C)/C1=N/OC. The molecule has 0 aliphatic heterocycles. The Labute approximate surface area is 72.9 Å². The highest BCUT2D eigenvalue weighted by molar-refractivity contribution is 6.15. The molecular formula is C10H13NO. The second-order valence-electron chi connectivity index (χ2n) is 2.80. The molecule has 0 aromatic carbocycles. The van der Waals surface area contributed by atoms with Crippen molar-refractivity contribution >= 4 is 5.71 Å². The summed E-state index contributed by atoms with van der Waals surface area (Å²) >= 11 is 0. The quantitative estimate of drug-likeness (QED) is 0.544. The topological polar surface area (TPSA) is 21.6 Å². The van der Waals surface area contributed by atoms with Gasteiger partial charge in [0.25, 0.3) is 0 Å². The second-order valence-corrected chi connectivity index (χ2v) is 2.80. The Morgan fingerprint density at radius 3 is 2.42 bits per heavy atom. The molecule has 0 radical (unpaired) electrons. The van der Waals surface area contributed by atoms with Crippen molar-refractivity contribution in [2.75, 3.05) is 7.11 Å². The van der Waals surface area contributed by atoms with E-state index in [4.69, 9.17) is 4.84 Å². The van der Waals surface area contributed by atoms with E-state index in [0.29, 0.717) is 0 Å². The summed E-state index contributed by atoms with van der Waals surface area (Å²) in [6, 6.07) is 0. The molecule has 0 amide bonds. The smallest absolute Gasteiger partial charge is 0.112 e. The van der Waals surface area contributed by atoms with E-state index in [0.717, 1.165) is 22.4 Å². The molecule has 0 heterocycles. The number of hydrogen-bond donors (Lipinski definition) is 0. The summed E-state index contributed by atoms with van der Waals surface area (Å²) in [7, 11) is 1.54. The zero-order valence-electron chi connectivity index (χ0n) is 7.72. The maximum atomic E-state index is 4.73. The van der Waals surface area contributed by atoms with Crippen molar-refractivity contribution in [3.8, 4) is 0 Å². The third kappa shape index (κ3) is 1.47. The van der Waals surface area contributed by atoms with E-state index in [1.807, 2.05) is 26.0 Å². The van der Waals surface area contributed by atoms with E-state index in [-0.39, 0.29) is 0 Å². The summed E-state index contributed by atoms with van der Waals surface area (Å²) in [5.74, 6) is 0. The van der Waals surface area contributed by atoms with Crippen LogP contribution in [-0.2, 0) is 4.84 Å². The largest absolute Gasteiger partial charge is 0.399 e. The van der Waals surface area contributed by atoms with Gasteiger partial charge in [0.1, 0.15) is 12.8 Å². The fraction of sp³-hybridized carbons (Fsp3) is 0.300. The lowest BCUT2D eigenvalue weighted by Crippen LogP contribution is -2.08. The first-order valence-electron chi connectivity index (χ1n) is 3.83. The standard InChI is InChI=1S/C10H13NO/c1-7-5-6-8(2)10(9(7)3)11-12-4/h5-6H,3H2,1-2,4H3/b11-10-. The fourth-order valence-electron chi connectivity index (χ4n) is 1.07. The summed E-state index contributed by atoms with van der Waals surface area (Å²) in [5, 5.41) is 3.90. The molecule has 2 nitrogen and oxygen atoms in total. The Bertz CT molecular complexity index is 291. The predicted molar refractivity (Wildman–Crippen MR) is 51.1 cm³/mol. The van der Waals surface area contributed by atoms with Gasteiger partial charge in [-0.25, -0.2) is 0 Å². The molecule has 0 bridgehead atoms. The van der Waals surface area contributed by atoms with Crippen LogP contribution in [0.1, 0.15) is 13.8 Å². The summed E-state index contributed by atoms with van der Waals surface area (Å²) in [5.41, 5.74) is 4.01. The molecule has 0 saturated carbocycles. The van der Waals surface area contributed by atoms with Gasteiger partial charge in [0.05, 0.1) is 0 Å². The van der Waals surface area contributed by atoms with Crippen molar-refractivity contribution in [1.82, 2.24) is 0 Å². The number of oxime groups is 1. The molecule has 2 heteroatoms. The lowest BCUT2D eigenvalue weighted by Gasteiger charge is -2.13. The van der Waals surface area contributed by atoms with Crippen LogP contribution in [-0.4, -0.2) is 12.8 Å². The first-order chi connectivity index (χ1) is 5.66. The van der Waals surface area contributed by atoms with Crippen molar-refractivity contribution in [3.05, 3.63) is 35.5 Å². The molecule has 0 saturated heterocycles. The summed E-state index contributed by atoms with van der Waals surface area (Å²) in [6.07, 6.45) is 4.05. The maximum absolute atomic E-state index is 4.73. The van der Waals surface area contributed by atoms with Gasteiger partial charge in [-0.3, -0.25) is 0 Å². The van der Waals surface area contributed by atoms with Gasteiger partial charge in [-0.2, -0.15) is 0 Å². The second kappa shape index (κ2) is 3.39. The van der Waals surface area contributed by atoms with Crippen LogP contribution < -0.4 is 0 Å². The van der Waals surface area contributed by atoms with Crippen LogP contribution in [0.3, 0.4) is 0 Å². The van der Waals surface area contributed by atoms with Crippen LogP contribution in [0.25, 0.3) is 0 Å². The summed E-state index contributed by atoms with van der Waals surface area (Å²) in [6.45, 7) is 7.93. The highest BCUT2D eigenvalue weighted by Crippen LogP contribution is 2.19. The van der Waals surface area contributed by atoms with Gasteiger partial charge in [0.2, 0.25) is 0 Å². The zero-order chi connectivity index (χ0) is 9.14. The average Bonchev–Trinajstić information content (AvgIpc) is 2.06. The number of nitrogens with zero attached hydrogens (tertiary/aromatic N) is 1.